The standard InChI is InChI=1S/C20H17ClN2O3.C20H17FN2O3/c1-2-26-16-5-3-4-13(10-16)18-9-7-15(12-22-18)23-19-8-6-14(21)11-17(19)20(24)25;1-2-26-14-8-9-17(21)16(11-14)18-10-7-13(12-22-18)23-19-6-4-3-5-15(19)20(24)25/h2*3-12,23H,2H2,1H3,(H,24,25). The fourth-order valence-corrected chi connectivity index (χ4v) is 5.20. The van der Waals surface area contributed by atoms with Gasteiger partial charge in [0.2, 0.25) is 0 Å². The summed E-state index contributed by atoms with van der Waals surface area (Å²) in [6.45, 7) is 4.89. The maximum absolute atomic E-state index is 14.1. The quantitative estimate of drug-likeness (QED) is 0.0964. The lowest BCUT2D eigenvalue weighted by Crippen LogP contribution is -2.03. The van der Waals surface area contributed by atoms with Gasteiger partial charge in [0.05, 0.1) is 70.9 Å². The number of carboxylic acids is 2. The van der Waals surface area contributed by atoms with E-state index in [2.05, 4.69) is 20.6 Å². The Morgan fingerprint density at radius 1 is 0.673 bits per heavy atom. The Labute approximate surface area is 304 Å². The van der Waals surface area contributed by atoms with Crippen LogP contribution in [0, 0.1) is 5.82 Å². The minimum Gasteiger partial charge on any atom is -0.494 e. The van der Waals surface area contributed by atoms with Crippen molar-refractivity contribution in [1.29, 1.82) is 0 Å². The molecule has 2 heterocycles. The smallest absolute Gasteiger partial charge is 0.337 e. The first-order chi connectivity index (χ1) is 25.1. The molecule has 0 fully saturated rings. The number of aromatic carboxylic acids is 2. The number of nitrogens with one attached hydrogen (secondary N) is 2. The number of pyridine rings is 2. The molecule has 10 nitrogen and oxygen atoms in total. The fourth-order valence-electron chi connectivity index (χ4n) is 5.03. The van der Waals surface area contributed by atoms with Crippen molar-refractivity contribution in [2.75, 3.05) is 23.8 Å². The second-order valence-electron chi connectivity index (χ2n) is 11.0. The molecule has 0 aliphatic carbocycles. The van der Waals surface area contributed by atoms with Gasteiger partial charge < -0.3 is 30.3 Å². The molecule has 6 aromatic rings. The molecule has 0 saturated carbocycles. The molecule has 4 N–H and O–H groups in total. The van der Waals surface area contributed by atoms with E-state index in [9.17, 15) is 24.2 Å². The molecule has 0 amide bonds. The number of hydrogen-bond acceptors (Lipinski definition) is 8. The number of carboxylic acid groups (broad SMARTS) is 2. The highest BCUT2D eigenvalue weighted by Crippen LogP contribution is 2.29. The summed E-state index contributed by atoms with van der Waals surface area (Å²) >= 11 is 5.87. The van der Waals surface area contributed by atoms with Crippen LogP contribution in [0.5, 0.6) is 11.5 Å². The predicted molar refractivity (Wildman–Crippen MR) is 200 cm³/mol. The molecule has 12 heteroatoms. The van der Waals surface area contributed by atoms with Crippen LogP contribution in [0.2, 0.25) is 5.02 Å². The van der Waals surface area contributed by atoms with Crippen LogP contribution in [-0.2, 0) is 0 Å². The zero-order valence-corrected chi connectivity index (χ0v) is 28.9. The van der Waals surface area contributed by atoms with Crippen LogP contribution in [0.25, 0.3) is 22.5 Å². The lowest BCUT2D eigenvalue weighted by molar-refractivity contribution is 0.0687. The van der Waals surface area contributed by atoms with E-state index in [4.69, 9.17) is 21.1 Å². The summed E-state index contributed by atoms with van der Waals surface area (Å²) in [4.78, 5) is 31.4. The van der Waals surface area contributed by atoms with E-state index in [-0.39, 0.29) is 11.1 Å². The van der Waals surface area contributed by atoms with Crippen molar-refractivity contribution in [2.24, 2.45) is 0 Å². The Morgan fingerprint density at radius 2 is 1.29 bits per heavy atom. The van der Waals surface area contributed by atoms with Crippen molar-refractivity contribution in [3.8, 4) is 34.0 Å². The maximum Gasteiger partial charge on any atom is 0.337 e. The molecule has 0 aliphatic heterocycles. The third-order valence-corrected chi connectivity index (χ3v) is 7.66. The van der Waals surface area contributed by atoms with Crippen molar-refractivity contribution >= 4 is 46.3 Å². The third-order valence-electron chi connectivity index (χ3n) is 7.42. The number of para-hydroxylation sites is 1. The Hall–Kier alpha value is -6.46. The topological polar surface area (TPSA) is 143 Å². The molecule has 264 valence electrons. The van der Waals surface area contributed by atoms with Gasteiger partial charge in [-0.05, 0) is 98.8 Å². The number of halogens is 2. The van der Waals surface area contributed by atoms with Gasteiger partial charge in [-0.15, -0.1) is 0 Å². The first-order valence-corrected chi connectivity index (χ1v) is 16.5. The Kier molecular flexibility index (Phi) is 12.4. The third kappa shape index (κ3) is 9.61. The zero-order chi connectivity index (χ0) is 37.0. The second kappa shape index (κ2) is 17.5. The summed E-state index contributed by atoms with van der Waals surface area (Å²) in [5.41, 5.74) is 5.00. The van der Waals surface area contributed by atoms with Gasteiger partial charge in [-0.1, -0.05) is 35.9 Å². The molecule has 0 spiro atoms. The van der Waals surface area contributed by atoms with Crippen LogP contribution >= 0.6 is 11.6 Å². The number of hydrogen-bond donors (Lipinski definition) is 4. The summed E-state index contributed by atoms with van der Waals surface area (Å²) in [6, 6.07) is 30.6. The first kappa shape index (κ1) is 36.8. The molecule has 0 bridgehead atoms. The second-order valence-corrected chi connectivity index (χ2v) is 11.4. The normalized spacial score (nSPS) is 10.4. The molecular formula is C40H34ClFN4O6. The van der Waals surface area contributed by atoms with Crippen molar-refractivity contribution in [1.82, 2.24) is 9.97 Å². The van der Waals surface area contributed by atoms with E-state index in [1.54, 1.807) is 60.8 Å². The SMILES string of the molecule is CCOc1ccc(F)c(-c2ccc(Nc3ccccc3C(=O)O)cn2)c1.CCOc1cccc(-c2ccc(Nc3ccc(Cl)cc3C(=O)O)cn2)c1. The van der Waals surface area contributed by atoms with Crippen molar-refractivity contribution in [3.63, 3.8) is 0 Å². The van der Waals surface area contributed by atoms with Gasteiger partial charge in [0.1, 0.15) is 17.3 Å². The Bertz CT molecular complexity index is 2160. The van der Waals surface area contributed by atoms with E-state index in [0.29, 0.717) is 58.0 Å². The molecule has 0 atom stereocenters. The lowest BCUT2D eigenvalue weighted by atomic mass is 10.1. The predicted octanol–water partition coefficient (Wildman–Crippen LogP) is 9.97. The van der Waals surface area contributed by atoms with Gasteiger partial charge in [0.25, 0.3) is 0 Å². The Balaban J connectivity index is 0.000000201. The van der Waals surface area contributed by atoms with Gasteiger partial charge in [0.15, 0.2) is 0 Å². The van der Waals surface area contributed by atoms with Gasteiger partial charge >= 0.3 is 11.9 Å². The molecule has 0 radical (unpaired) electrons. The van der Waals surface area contributed by atoms with Crippen LogP contribution in [0.3, 0.4) is 0 Å². The van der Waals surface area contributed by atoms with Crippen LogP contribution in [0.4, 0.5) is 27.1 Å². The number of aromatic nitrogens is 2. The van der Waals surface area contributed by atoms with E-state index < -0.39 is 17.8 Å². The highest BCUT2D eigenvalue weighted by molar-refractivity contribution is 6.31. The fraction of sp³-hybridized carbons (Fsp3) is 0.100. The monoisotopic (exact) mass is 720 g/mol. The molecule has 0 aliphatic rings. The first-order valence-electron chi connectivity index (χ1n) is 16.1. The number of nitrogens with zero attached hydrogens (tertiary/aromatic N) is 2. The summed E-state index contributed by atoms with van der Waals surface area (Å²) < 4.78 is 25.0. The number of rotatable bonds is 12. The highest BCUT2D eigenvalue weighted by atomic mass is 35.5. The van der Waals surface area contributed by atoms with E-state index in [1.807, 2.05) is 50.2 Å². The molecule has 52 heavy (non-hydrogen) atoms. The van der Waals surface area contributed by atoms with Gasteiger partial charge in [-0.2, -0.15) is 0 Å². The summed E-state index contributed by atoms with van der Waals surface area (Å²) in [7, 11) is 0. The molecule has 0 saturated heterocycles. The van der Waals surface area contributed by atoms with Crippen molar-refractivity contribution in [2.45, 2.75) is 13.8 Å². The maximum atomic E-state index is 14.1. The largest absolute Gasteiger partial charge is 0.494 e. The molecule has 2 aromatic heterocycles. The summed E-state index contributed by atoms with van der Waals surface area (Å²) in [6.07, 6.45) is 3.18. The van der Waals surface area contributed by atoms with E-state index in [1.165, 1.54) is 24.4 Å². The molecule has 4 aromatic carbocycles. The molecular weight excluding hydrogens is 687 g/mol. The zero-order valence-electron chi connectivity index (χ0n) is 28.1. The number of ether oxygens (including phenoxy) is 2. The van der Waals surface area contributed by atoms with Gasteiger partial charge in [-0.25, -0.2) is 14.0 Å². The minimum absolute atomic E-state index is 0.103. The van der Waals surface area contributed by atoms with E-state index >= 15 is 0 Å². The number of anilines is 4. The van der Waals surface area contributed by atoms with Crippen LogP contribution in [-0.4, -0.2) is 45.3 Å². The van der Waals surface area contributed by atoms with Crippen LogP contribution in [0.15, 0.2) is 122 Å². The van der Waals surface area contributed by atoms with Crippen molar-refractivity contribution in [3.05, 3.63) is 144 Å². The van der Waals surface area contributed by atoms with Gasteiger partial charge in [-0.3, -0.25) is 9.97 Å². The minimum atomic E-state index is -1.05. The molecule has 0 unspecified atom stereocenters. The number of benzene rings is 4. The Morgan fingerprint density at radius 3 is 1.90 bits per heavy atom. The lowest BCUT2D eigenvalue weighted by Gasteiger charge is -2.11. The van der Waals surface area contributed by atoms with Crippen LogP contribution in [0.1, 0.15) is 34.6 Å². The van der Waals surface area contributed by atoms with Gasteiger partial charge in [0, 0.05) is 16.1 Å². The van der Waals surface area contributed by atoms with E-state index in [0.717, 1.165) is 17.0 Å². The summed E-state index contributed by atoms with van der Waals surface area (Å²) in [5.74, 6) is -1.10. The average molecular weight is 721 g/mol. The van der Waals surface area contributed by atoms with Crippen molar-refractivity contribution < 1.29 is 33.7 Å². The van der Waals surface area contributed by atoms with Crippen LogP contribution < -0.4 is 20.1 Å². The molecule has 6 rings (SSSR count). The number of carbonyl (C=O) groups is 2. The summed E-state index contributed by atoms with van der Waals surface area (Å²) in [5, 5.41) is 25.0. The average Bonchev–Trinajstić information content (AvgIpc) is 3.14. The highest BCUT2D eigenvalue weighted by Gasteiger charge is 2.13.